The highest BCUT2D eigenvalue weighted by atomic mass is 32.1. The van der Waals surface area contributed by atoms with Gasteiger partial charge in [0.2, 0.25) is 0 Å². The molecule has 0 saturated carbocycles. The molecule has 1 atom stereocenters. The van der Waals surface area contributed by atoms with Crippen molar-refractivity contribution in [2.75, 3.05) is 19.8 Å². The smallest absolute Gasteiger partial charge is 0.283 e. The molecule has 1 saturated heterocycles. The molecule has 1 aliphatic rings. The zero-order valence-electron chi connectivity index (χ0n) is 12.9. The summed E-state index contributed by atoms with van der Waals surface area (Å²) in [4.78, 5) is 26.1. The molecule has 2 aromatic heterocycles. The highest BCUT2D eigenvalue weighted by Crippen LogP contribution is 2.32. The van der Waals surface area contributed by atoms with Gasteiger partial charge < -0.3 is 14.2 Å². The van der Waals surface area contributed by atoms with Crippen molar-refractivity contribution in [1.29, 1.82) is 0 Å². The number of carbonyl (C=O) groups is 1. The Morgan fingerprint density at radius 1 is 1.52 bits per heavy atom. The van der Waals surface area contributed by atoms with Gasteiger partial charge in [-0.2, -0.15) is 0 Å². The van der Waals surface area contributed by atoms with Crippen LogP contribution in [0.1, 0.15) is 26.3 Å². The van der Waals surface area contributed by atoms with Crippen LogP contribution in [0.25, 0.3) is 0 Å². The molecular weight excluding hydrogens is 318 g/mol. The Morgan fingerprint density at radius 3 is 2.91 bits per heavy atom. The zero-order valence-corrected chi connectivity index (χ0v) is 13.7. The Kier molecular flexibility index (Phi) is 4.18. The molecule has 1 fully saturated rings. The van der Waals surface area contributed by atoms with E-state index < -0.39 is 4.92 Å². The van der Waals surface area contributed by atoms with E-state index in [9.17, 15) is 14.9 Å². The Labute approximate surface area is 137 Å². The van der Waals surface area contributed by atoms with E-state index in [4.69, 9.17) is 4.74 Å². The fourth-order valence-corrected chi connectivity index (χ4v) is 3.76. The topological polar surface area (TPSA) is 77.6 Å². The van der Waals surface area contributed by atoms with Crippen molar-refractivity contribution in [3.8, 4) is 0 Å². The van der Waals surface area contributed by atoms with Gasteiger partial charge in [0, 0.05) is 31.5 Å². The molecule has 3 heterocycles. The van der Waals surface area contributed by atoms with Crippen molar-refractivity contribution in [3.63, 3.8) is 0 Å². The average Bonchev–Trinajstić information content (AvgIpc) is 3.12. The first-order valence-corrected chi connectivity index (χ1v) is 8.05. The number of amides is 1. The summed E-state index contributed by atoms with van der Waals surface area (Å²) in [5, 5.41) is 11.0. The van der Waals surface area contributed by atoms with Crippen molar-refractivity contribution < 1.29 is 14.5 Å². The first-order chi connectivity index (χ1) is 11.0. The lowest BCUT2D eigenvalue weighted by atomic mass is 10.1. The van der Waals surface area contributed by atoms with Gasteiger partial charge >= 0.3 is 0 Å². The van der Waals surface area contributed by atoms with Crippen LogP contribution in [0, 0.1) is 17.0 Å². The molecule has 0 unspecified atom stereocenters. The van der Waals surface area contributed by atoms with E-state index in [1.165, 1.54) is 17.4 Å². The fraction of sp³-hybridized carbons (Fsp3) is 0.400. The number of nitrogens with zero attached hydrogens (tertiary/aromatic N) is 3. The number of hydrogen-bond donors (Lipinski definition) is 0. The maximum Gasteiger partial charge on any atom is 0.283 e. The number of rotatable bonds is 3. The Morgan fingerprint density at radius 2 is 2.30 bits per heavy atom. The second kappa shape index (κ2) is 6.13. The molecule has 1 aliphatic heterocycles. The van der Waals surface area contributed by atoms with Crippen molar-refractivity contribution in [1.82, 2.24) is 9.47 Å². The number of carbonyl (C=O) groups excluding carboxylic acids is 1. The molecule has 23 heavy (non-hydrogen) atoms. The number of hydrogen-bond acceptors (Lipinski definition) is 5. The van der Waals surface area contributed by atoms with Crippen LogP contribution < -0.4 is 0 Å². The summed E-state index contributed by atoms with van der Waals surface area (Å²) < 4.78 is 7.49. The van der Waals surface area contributed by atoms with Gasteiger partial charge in [-0.3, -0.25) is 14.9 Å². The van der Waals surface area contributed by atoms with Gasteiger partial charge in [0.1, 0.15) is 0 Å². The summed E-state index contributed by atoms with van der Waals surface area (Å²) in [6.45, 7) is 3.03. The standard InChI is InChI=1S/C15H17N3O4S/c1-10-12(18(20)21)8-14(23-10)15(19)17-6-7-22-9-13(17)11-4-3-5-16(11)2/h3-5,8,13H,6-7,9H2,1-2H3/t13-/m0/s1. The SMILES string of the molecule is Cc1sc(C(=O)N2CCOC[C@H]2c2cccn2C)cc1[N+](=O)[O-]. The minimum Gasteiger partial charge on any atom is -0.377 e. The van der Waals surface area contributed by atoms with Crippen LogP contribution in [0.3, 0.4) is 0 Å². The van der Waals surface area contributed by atoms with Gasteiger partial charge in [-0.15, -0.1) is 11.3 Å². The molecule has 7 nitrogen and oxygen atoms in total. The number of thiophene rings is 1. The molecule has 0 bridgehead atoms. The number of aromatic nitrogens is 1. The fourth-order valence-electron chi connectivity index (χ4n) is 2.81. The second-order valence-corrected chi connectivity index (χ2v) is 6.70. The van der Waals surface area contributed by atoms with Gasteiger partial charge in [-0.25, -0.2) is 0 Å². The Balaban J connectivity index is 1.91. The molecule has 0 aliphatic carbocycles. The molecule has 0 N–H and O–H groups in total. The lowest BCUT2D eigenvalue weighted by Gasteiger charge is -2.35. The Hall–Kier alpha value is -2.19. The summed E-state index contributed by atoms with van der Waals surface area (Å²) >= 11 is 1.17. The monoisotopic (exact) mass is 335 g/mol. The minimum absolute atomic E-state index is 0.00188. The van der Waals surface area contributed by atoms with Crippen LogP contribution in [0.4, 0.5) is 5.69 Å². The Bertz CT molecular complexity index is 752. The summed E-state index contributed by atoms with van der Waals surface area (Å²) in [5.74, 6) is -0.180. The number of morpholine rings is 1. The summed E-state index contributed by atoms with van der Waals surface area (Å²) in [5.41, 5.74) is 0.989. The zero-order chi connectivity index (χ0) is 16.6. The second-order valence-electron chi connectivity index (χ2n) is 5.44. The molecular formula is C15H17N3O4S. The molecule has 3 rings (SSSR count). The lowest BCUT2D eigenvalue weighted by molar-refractivity contribution is -0.385. The minimum atomic E-state index is -0.448. The molecule has 8 heteroatoms. The van der Waals surface area contributed by atoms with Crippen molar-refractivity contribution in [2.45, 2.75) is 13.0 Å². The van der Waals surface area contributed by atoms with Crippen molar-refractivity contribution in [2.24, 2.45) is 7.05 Å². The van der Waals surface area contributed by atoms with Gasteiger partial charge in [-0.1, -0.05) is 0 Å². The molecule has 0 spiro atoms. The third-order valence-electron chi connectivity index (χ3n) is 4.01. The van der Waals surface area contributed by atoms with Crippen LogP contribution in [0.5, 0.6) is 0 Å². The highest BCUT2D eigenvalue weighted by Gasteiger charge is 2.32. The number of nitro groups is 1. The molecule has 122 valence electrons. The maximum atomic E-state index is 12.9. The van der Waals surface area contributed by atoms with E-state index in [0.29, 0.717) is 29.5 Å². The van der Waals surface area contributed by atoms with Gasteiger partial charge in [0.25, 0.3) is 11.6 Å². The first-order valence-electron chi connectivity index (χ1n) is 7.24. The average molecular weight is 335 g/mol. The number of ether oxygens (including phenoxy) is 1. The molecule has 0 radical (unpaired) electrons. The van der Waals surface area contributed by atoms with E-state index >= 15 is 0 Å². The normalized spacial score (nSPS) is 18.2. The van der Waals surface area contributed by atoms with Crippen molar-refractivity contribution >= 4 is 22.9 Å². The van der Waals surface area contributed by atoms with E-state index in [0.717, 1.165) is 5.69 Å². The van der Waals surface area contributed by atoms with Gasteiger partial charge in [0.05, 0.1) is 33.9 Å². The van der Waals surface area contributed by atoms with E-state index in [1.807, 2.05) is 29.9 Å². The predicted molar refractivity (Wildman–Crippen MR) is 85.7 cm³/mol. The van der Waals surface area contributed by atoms with Gasteiger partial charge in [0.15, 0.2) is 0 Å². The van der Waals surface area contributed by atoms with E-state index in [1.54, 1.807) is 11.8 Å². The van der Waals surface area contributed by atoms with Crippen LogP contribution in [0.15, 0.2) is 24.4 Å². The number of aryl methyl sites for hydroxylation is 2. The summed E-state index contributed by atoms with van der Waals surface area (Å²) in [7, 11) is 1.92. The van der Waals surface area contributed by atoms with Crippen molar-refractivity contribution in [3.05, 3.63) is 50.0 Å². The summed E-state index contributed by atoms with van der Waals surface area (Å²) in [6, 6.07) is 5.08. The van der Waals surface area contributed by atoms with Crippen LogP contribution in [-0.2, 0) is 11.8 Å². The van der Waals surface area contributed by atoms with Crippen LogP contribution in [-0.4, -0.2) is 40.1 Å². The summed E-state index contributed by atoms with van der Waals surface area (Å²) in [6.07, 6.45) is 1.92. The third kappa shape index (κ3) is 2.87. The van der Waals surface area contributed by atoms with Gasteiger partial charge in [-0.05, 0) is 19.1 Å². The largest absolute Gasteiger partial charge is 0.377 e. The molecule has 1 amide bonds. The van der Waals surface area contributed by atoms with Crippen LogP contribution >= 0.6 is 11.3 Å². The lowest BCUT2D eigenvalue weighted by Crippen LogP contribution is -2.43. The first kappa shape index (κ1) is 15.7. The predicted octanol–water partition coefficient (Wildman–Crippen LogP) is 2.52. The molecule has 0 aromatic carbocycles. The van der Waals surface area contributed by atoms with E-state index in [2.05, 4.69) is 0 Å². The highest BCUT2D eigenvalue weighted by molar-refractivity contribution is 7.14. The molecule has 2 aromatic rings. The third-order valence-corrected chi connectivity index (χ3v) is 5.04. The quantitative estimate of drug-likeness (QED) is 0.638. The van der Waals surface area contributed by atoms with Crippen LogP contribution in [0.2, 0.25) is 0 Å². The maximum absolute atomic E-state index is 12.9. The van der Waals surface area contributed by atoms with E-state index in [-0.39, 0.29) is 17.6 Å².